The summed E-state index contributed by atoms with van der Waals surface area (Å²) in [6.07, 6.45) is 3.19. The molecule has 0 aromatic heterocycles. The van der Waals surface area contributed by atoms with Gasteiger partial charge in [-0.1, -0.05) is 22.9 Å². The number of carbonyl (C=O) groups excluding carboxylic acids is 2. The van der Waals surface area contributed by atoms with Crippen molar-refractivity contribution in [2.75, 3.05) is 6.61 Å². The van der Waals surface area contributed by atoms with Gasteiger partial charge in [0.15, 0.2) is 0 Å². The van der Waals surface area contributed by atoms with Crippen LogP contribution in [0.3, 0.4) is 0 Å². The van der Waals surface area contributed by atoms with Crippen LogP contribution in [0.4, 0.5) is 0 Å². The molecule has 3 nitrogen and oxygen atoms in total. The van der Waals surface area contributed by atoms with Crippen LogP contribution in [0.25, 0.3) is 0 Å². The normalized spacial score (nSPS) is 31.1. The van der Waals surface area contributed by atoms with Crippen molar-refractivity contribution in [3.63, 3.8) is 0 Å². The Morgan fingerprint density at radius 3 is 2.76 bits per heavy atom. The minimum absolute atomic E-state index is 0.0325. The minimum atomic E-state index is -0.960. The Balaban J connectivity index is 3.00. The summed E-state index contributed by atoms with van der Waals surface area (Å²) in [5, 5.41) is 0. The van der Waals surface area contributed by atoms with Gasteiger partial charge in [0.1, 0.15) is 11.2 Å². The second kappa shape index (κ2) is 5.98. The molecule has 1 fully saturated rings. The first kappa shape index (κ1) is 14.7. The SMILES string of the molecule is CCOC(=O)[C@@]1(C)C(=O)CCC[C@@H]1[C@H](Br)CC. The van der Waals surface area contributed by atoms with E-state index in [0.717, 1.165) is 19.3 Å². The van der Waals surface area contributed by atoms with E-state index >= 15 is 0 Å². The molecule has 0 N–H and O–H groups in total. The number of carbonyl (C=O) groups is 2. The van der Waals surface area contributed by atoms with Crippen LogP contribution in [0.5, 0.6) is 0 Å². The summed E-state index contributed by atoms with van der Waals surface area (Å²) in [4.78, 5) is 24.4. The van der Waals surface area contributed by atoms with E-state index in [0.29, 0.717) is 13.0 Å². The molecule has 0 heterocycles. The fraction of sp³-hybridized carbons (Fsp3) is 0.846. The maximum atomic E-state index is 12.1. The number of Topliss-reactive ketones (excluding diaryl/α,β-unsaturated/α-hetero) is 1. The van der Waals surface area contributed by atoms with Crippen LogP contribution in [0.1, 0.15) is 46.5 Å². The zero-order valence-corrected chi connectivity index (χ0v) is 12.4. The van der Waals surface area contributed by atoms with Crippen molar-refractivity contribution in [3.05, 3.63) is 0 Å². The van der Waals surface area contributed by atoms with Crippen LogP contribution in [-0.2, 0) is 14.3 Å². The van der Waals surface area contributed by atoms with Crippen molar-refractivity contribution >= 4 is 27.7 Å². The molecule has 1 saturated carbocycles. The predicted molar refractivity (Wildman–Crippen MR) is 70.1 cm³/mol. The lowest BCUT2D eigenvalue weighted by atomic mass is 9.65. The van der Waals surface area contributed by atoms with Gasteiger partial charge in [-0.25, -0.2) is 0 Å². The average molecular weight is 305 g/mol. The second-order valence-electron chi connectivity index (χ2n) is 4.77. The molecule has 1 rings (SSSR count). The summed E-state index contributed by atoms with van der Waals surface area (Å²) in [7, 11) is 0. The van der Waals surface area contributed by atoms with Gasteiger partial charge in [-0.05, 0) is 39.0 Å². The van der Waals surface area contributed by atoms with Crippen molar-refractivity contribution in [1.82, 2.24) is 0 Å². The van der Waals surface area contributed by atoms with Crippen molar-refractivity contribution in [1.29, 1.82) is 0 Å². The fourth-order valence-corrected chi connectivity index (χ4v) is 3.40. The van der Waals surface area contributed by atoms with E-state index in [1.165, 1.54) is 0 Å². The Morgan fingerprint density at radius 2 is 2.24 bits per heavy atom. The molecular weight excluding hydrogens is 284 g/mol. The highest BCUT2D eigenvalue weighted by molar-refractivity contribution is 9.09. The van der Waals surface area contributed by atoms with Crippen LogP contribution in [-0.4, -0.2) is 23.2 Å². The van der Waals surface area contributed by atoms with E-state index in [1.807, 2.05) is 0 Å². The fourth-order valence-electron chi connectivity index (χ4n) is 2.61. The molecule has 0 radical (unpaired) electrons. The highest BCUT2D eigenvalue weighted by atomic mass is 79.9. The lowest BCUT2D eigenvalue weighted by Crippen LogP contribution is -2.49. The molecule has 0 aromatic rings. The molecule has 0 saturated heterocycles. The molecule has 1 aliphatic carbocycles. The average Bonchev–Trinajstić information content (AvgIpc) is 2.32. The van der Waals surface area contributed by atoms with Crippen LogP contribution in [0.2, 0.25) is 0 Å². The summed E-state index contributed by atoms with van der Waals surface area (Å²) in [6, 6.07) is 0. The Kier molecular flexibility index (Phi) is 5.17. The second-order valence-corrected chi connectivity index (χ2v) is 5.95. The third-order valence-corrected chi connectivity index (χ3v) is 5.05. The molecule has 0 amide bonds. The lowest BCUT2D eigenvalue weighted by molar-refractivity contribution is -0.165. The van der Waals surface area contributed by atoms with E-state index in [9.17, 15) is 9.59 Å². The minimum Gasteiger partial charge on any atom is -0.465 e. The van der Waals surface area contributed by atoms with E-state index < -0.39 is 5.41 Å². The number of alkyl halides is 1. The van der Waals surface area contributed by atoms with Crippen LogP contribution in [0, 0.1) is 11.3 Å². The van der Waals surface area contributed by atoms with Crippen molar-refractivity contribution in [2.24, 2.45) is 11.3 Å². The smallest absolute Gasteiger partial charge is 0.319 e. The summed E-state index contributed by atoms with van der Waals surface area (Å²) >= 11 is 3.60. The first-order chi connectivity index (χ1) is 7.98. The topological polar surface area (TPSA) is 43.4 Å². The number of esters is 1. The zero-order chi connectivity index (χ0) is 13.1. The largest absolute Gasteiger partial charge is 0.465 e. The number of hydrogen-bond donors (Lipinski definition) is 0. The zero-order valence-electron chi connectivity index (χ0n) is 10.8. The Bertz CT molecular complexity index is 303. The summed E-state index contributed by atoms with van der Waals surface area (Å²) in [5.41, 5.74) is -0.960. The summed E-state index contributed by atoms with van der Waals surface area (Å²) in [5.74, 6) is -0.273. The number of rotatable bonds is 4. The first-order valence-electron chi connectivity index (χ1n) is 6.33. The molecule has 0 spiro atoms. The quantitative estimate of drug-likeness (QED) is 0.455. The Hall–Kier alpha value is -0.380. The van der Waals surface area contributed by atoms with Crippen molar-refractivity contribution in [3.8, 4) is 0 Å². The van der Waals surface area contributed by atoms with Crippen molar-refractivity contribution in [2.45, 2.75) is 51.3 Å². The van der Waals surface area contributed by atoms with E-state index in [2.05, 4.69) is 22.9 Å². The van der Waals surface area contributed by atoms with Gasteiger partial charge in [0.25, 0.3) is 0 Å². The van der Waals surface area contributed by atoms with Gasteiger partial charge in [0.05, 0.1) is 6.61 Å². The summed E-state index contributed by atoms with van der Waals surface area (Å²) in [6.45, 7) is 5.91. The Morgan fingerprint density at radius 1 is 1.59 bits per heavy atom. The number of halogens is 1. The third-order valence-electron chi connectivity index (χ3n) is 3.77. The molecule has 0 unspecified atom stereocenters. The van der Waals surface area contributed by atoms with Crippen LogP contribution < -0.4 is 0 Å². The van der Waals surface area contributed by atoms with Gasteiger partial charge in [0.2, 0.25) is 0 Å². The molecule has 0 aromatic carbocycles. The molecule has 1 aliphatic rings. The van der Waals surface area contributed by atoms with Crippen LogP contribution >= 0.6 is 15.9 Å². The molecule has 3 atom stereocenters. The predicted octanol–water partition coefficient (Wildman–Crippen LogP) is 3.10. The number of ether oxygens (including phenoxy) is 1. The molecule has 17 heavy (non-hydrogen) atoms. The van der Waals surface area contributed by atoms with Gasteiger partial charge in [-0.2, -0.15) is 0 Å². The van der Waals surface area contributed by atoms with E-state index in [1.54, 1.807) is 13.8 Å². The van der Waals surface area contributed by atoms with Gasteiger partial charge in [-0.3, -0.25) is 9.59 Å². The van der Waals surface area contributed by atoms with Gasteiger partial charge >= 0.3 is 5.97 Å². The molecular formula is C13H21BrO3. The summed E-state index contributed by atoms with van der Waals surface area (Å²) < 4.78 is 5.10. The molecule has 0 aliphatic heterocycles. The lowest BCUT2D eigenvalue weighted by Gasteiger charge is -2.40. The van der Waals surface area contributed by atoms with E-state index in [4.69, 9.17) is 4.74 Å². The molecule has 4 heteroatoms. The van der Waals surface area contributed by atoms with Gasteiger partial charge < -0.3 is 4.74 Å². The van der Waals surface area contributed by atoms with E-state index in [-0.39, 0.29) is 22.5 Å². The monoisotopic (exact) mass is 304 g/mol. The number of hydrogen-bond acceptors (Lipinski definition) is 3. The number of ketones is 1. The molecule has 0 bridgehead atoms. The maximum absolute atomic E-state index is 12.1. The van der Waals surface area contributed by atoms with Gasteiger partial charge in [-0.15, -0.1) is 0 Å². The maximum Gasteiger partial charge on any atom is 0.319 e. The highest BCUT2D eigenvalue weighted by Crippen LogP contribution is 2.44. The third kappa shape index (κ3) is 2.72. The van der Waals surface area contributed by atoms with Crippen molar-refractivity contribution < 1.29 is 14.3 Å². The first-order valence-corrected chi connectivity index (χ1v) is 7.24. The standard InChI is InChI=1S/C13H21BrO3/c1-4-10(14)9-7-6-8-11(15)13(9,3)12(16)17-5-2/h9-10H,4-8H2,1-3H3/t9-,10-,13-/m1/s1. The highest BCUT2D eigenvalue weighted by Gasteiger charge is 2.52. The van der Waals surface area contributed by atoms with Crippen LogP contribution in [0.15, 0.2) is 0 Å². The molecule has 98 valence electrons. The van der Waals surface area contributed by atoms with Gasteiger partial charge in [0, 0.05) is 11.2 Å². The Labute approximate surface area is 111 Å².